The van der Waals surface area contributed by atoms with Gasteiger partial charge in [0.2, 0.25) is 0 Å². The molecule has 3 aliphatic heterocycles. The van der Waals surface area contributed by atoms with Gasteiger partial charge in [-0.05, 0) is 60.8 Å². The van der Waals surface area contributed by atoms with Gasteiger partial charge in [0.1, 0.15) is 29.9 Å². The number of piperazine rings is 1. The topological polar surface area (TPSA) is 73.8 Å². The van der Waals surface area contributed by atoms with E-state index in [2.05, 4.69) is 15.2 Å². The standard InChI is InChI=1S/C30H31F2N5O2/c1-36-13-18(31)11-21(36)16-39-30-34-28-25(29(35-30)37-14-19-6-7-20(15-37)33-19)9-8-24(27(28)32)26-12-22(38)10-17-4-2-3-5-23(17)26/h2-5,8-10,12,18-21,33,38H,6-7,11,13-16H2,1H3/t18-,19-,20+,21-/m0/s1. The zero-order chi connectivity index (χ0) is 26.7. The Kier molecular flexibility index (Phi) is 6.01. The molecule has 3 aromatic carbocycles. The molecule has 4 atom stereocenters. The molecule has 0 amide bonds. The van der Waals surface area contributed by atoms with Gasteiger partial charge in [-0.2, -0.15) is 9.97 Å². The molecule has 4 aromatic rings. The predicted octanol–water partition coefficient (Wildman–Crippen LogP) is 4.66. The van der Waals surface area contributed by atoms with Crippen LogP contribution in [0.3, 0.4) is 0 Å². The molecular weight excluding hydrogens is 500 g/mol. The molecule has 39 heavy (non-hydrogen) atoms. The number of hydrogen-bond acceptors (Lipinski definition) is 7. The van der Waals surface area contributed by atoms with Gasteiger partial charge in [0, 0.05) is 48.7 Å². The first kappa shape index (κ1) is 24.5. The largest absolute Gasteiger partial charge is 0.508 e. The number of halogens is 2. The first-order valence-corrected chi connectivity index (χ1v) is 13.6. The third-order valence-electron chi connectivity index (χ3n) is 8.46. The first-order chi connectivity index (χ1) is 18.9. The fourth-order valence-electron chi connectivity index (χ4n) is 6.50. The highest BCUT2D eigenvalue weighted by atomic mass is 19.1. The van der Waals surface area contributed by atoms with E-state index in [9.17, 15) is 9.50 Å². The second-order valence-corrected chi connectivity index (χ2v) is 11.1. The maximum Gasteiger partial charge on any atom is 0.319 e. The summed E-state index contributed by atoms with van der Waals surface area (Å²) in [6, 6.07) is 15.2. The number of alkyl halides is 1. The number of ether oxygens (including phenoxy) is 1. The minimum atomic E-state index is -0.884. The summed E-state index contributed by atoms with van der Waals surface area (Å²) >= 11 is 0. The van der Waals surface area contributed by atoms with Crippen molar-refractivity contribution in [1.29, 1.82) is 0 Å². The van der Waals surface area contributed by atoms with Gasteiger partial charge in [0.15, 0.2) is 5.82 Å². The van der Waals surface area contributed by atoms with Crippen molar-refractivity contribution in [2.45, 2.75) is 43.6 Å². The molecule has 202 valence electrons. The van der Waals surface area contributed by atoms with E-state index in [0.717, 1.165) is 36.7 Å². The summed E-state index contributed by atoms with van der Waals surface area (Å²) in [7, 11) is 1.88. The number of nitrogens with zero attached hydrogens (tertiary/aromatic N) is 4. The van der Waals surface area contributed by atoms with Crippen LogP contribution in [0.4, 0.5) is 14.6 Å². The maximum absolute atomic E-state index is 16.4. The number of nitrogens with one attached hydrogen (secondary N) is 1. The number of benzene rings is 3. The summed E-state index contributed by atoms with van der Waals surface area (Å²) in [5.74, 6) is 0.234. The van der Waals surface area contributed by atoms with Crippen LogP contribution in [0.2, 0.25) is 0 Å². The molecule has 3 saturated heterocycles. The summed E-state index contributed by atoms with van der Waals surface area (Å²) in [6.45, 7) is 2.15. The van der Waals surface area contributed by atoms with Crippen molar-refractivity contribution in [3.8, 4) is 22.9 Å². The van der Waals surface area contributed by atoms with E-state index < -0.39 is 12.0 Å². The van der Waals surface area contributed by atoms with E-state index in [1.807, 2.05) is 42.3 Å². The number of aromatic nitrogens is 2. The van der Waals surface area contributed by atoms with Crippen molar-refractivity contribution in [2.75, 3.05) is 38.2 Å². The van der Waals surface area contributed by atoms with Gasteiger partial charge in [-0.15, -0.1) is 0 Å². The van der Waals surface area contributed by atoms with Crippen LogP contribution < -0.4 is 15.0 Å². The number of fused-ring (bicyclic) bond motifs is 4. The van der Waals surface area contributed by atoms with Crippen LogP contribution in [0.25, 0.3) is 32.8 Å². The molecule has 0 aliphatic carbocycles. The van der Waals surface area contributed by atoms with Gasteiger partial charge < -0.3 is 20.1 Å². The quantitative estimate of drug-likeness (QED) is 0.388. The van der Waals surface area contributed by atoms with Crippen LogP contribution in [0.5, 0.6) is 11.8 Å². The number of aromatic hydroxyl groups is 1. The highest BCUT2D eigenvalue weighted by molar-refractivity contribution is 6.01. The van der Waals surface area contributed by atoms with Gasteiger partial charge in [0.25, 0.3) is 0 Å². The molecular formula is C30H31F2N5O2. The smallest absolute Gasteiger partial charge is 0.319 e. The molecule has 0 spiro atoms. The van der Waals surface area contributed by atoms with Crippen LogP contribution in [0.15, 0.2) is 48.5 Å². The highest BCUT2D eigenvalue weighted by Gasteiger charge is 2.34. The average molecular weight is 532 g/mol. The van der Waals surface area contributed by atoms with Crippen molar-refractivity contribution in [2.24, 2.45) is 0 Å². The van der Waals surface area contributed by atoms with Gasteiger partial charge in [0.05, 0.1) is 0 Å². The maximum atomic E-state index is 16.4. The molecule has 7 nitrogen and oxygen atoms in total. The number of phenolic OH excluding ortho intramolecular Hbond substituents is 1. The lowest BCUT2D eigenvalue weighted by atomic mass is 9.96. The van der Waals surface area contributed by atoms with E-state index >= 15 is 4.39 Å². The Morgan fingerprint density at radius 3 is 2.56 bits per heavy atom. The van der Waals surface area contributed by atoms with Crippen LogP contribution in [-0.4, -0.2) is 77.6 Å². The minimum absolute atomic E-state index is 0.0683. The van der Waals surface area contributed by atoms with Crippen LogP contribution in [-0.2, 0) is 0 Å². The number of likely N-dealkylation sites (N-methyl/N-ethyl adjacent to an activating group) is 1. The highest BCUT2D eigenvalue weighted by Crippen LogP contribution is 2.39. The number of phenols is 1. The summed E-state index contributed by atoms with van der Waals surface area (Å²) < 4.78 is 36.4. The summed E-state index contributed by atoms with van der Waals surface area (Å²) in [6.07, 6.45) is 1.72. The zero-order valence-electron chi connectivity index (χ0n) is 21.8. The van der Waals surface area contributed by atoms with E-state index in [-0.39, 0.29) is 29.9 Å². The molecule has 0 unspecified atom stereocenters. The van der Waals surface area contributed by atoms with Crippen molar-refractivity contribution < 1.29 is 18.6 Å². The Bertz CT molecular complexity index is 1550. The molecule has 9 heteroatoms. The third kappa shape index (κ3) is 4.43. The lowest BCUT2D eigenvalue weighted by Gasteiger charge is -2.34. The van der Waals surface area contributed by atoms with E-state index in [1.54, 1.807) is 18.2 Å². The summed E-state index contributed by atoms with van der Waals surface area (Å²) in [5.41, 5.74) is 1.12. The fraction of sp³-hybridized carbons (Fsp3) is 0.400. The molecule has 2 bridgehead atoms. The minimum Gasteiger partial charge on any atom is -0.508 e. The van der Waals surface area contributed by atoms with Gasteiger partial charge in [-0.25, -0.2) is 8.78 Å². The van der Waals surface area contributed by atoms with Crippen LogP contribution in [0, 0.1) is 5.82 Å². The lowest BCUT2D eigenvalue weighted by Crippen LogP contribution is -2.51. The number of hydrogen-bond donors (Lipinski definition) is 2. The Morgan fingerprint density at radius 1 is 1.00 bits per heavy atom. The van der Waals surface area contributed by atoms with Crippen LogP contribution in [0.1, 0.15) is 19.3 Å². The monoisotopic (exact) mass is 531 g/mol. The molecule has 2 N–H and O–H groups in total. The molecule has 0 radical (unpaired) electrons. The normalized spacial score (nSPS) is 25.2. The van der Waals surface area contributed by atoms with E-state index in [0.29, 0.717) is 47.4 Å². The number of anilines is 1. The summed E-state index contributed by atoms with van der Waals surface area (Å²) in [4.78, 5) is 13.5. The van der Waals surface area contributed by atoms with Crippen molar-refractivity contribution in [3.05, 3.63) is 54.3 Å². The Balaban J connectivity index is 1.34. The third-order valence-corrected chi connectivity index (χ3v) is 8.46. The van der Waals surface area contributed by atoms with Gasteiger partial charge in [-0.3, -0.25) is 4.90 Å². The molecule has 0 saturated carbocycles. The van der Waals surface area contributed by atoms with E-state index in [4.69, 9.17) is 9.72 Å². The van der Waals surface area contributed by atoms with Gasteiger partial charge in [-0.1, -0.05) is 30.3 Å². The molecule has 3 fully saturated rings. The fourth-order valence-corrected chi connectivity index (χ4v) is 6.50. The Morgan fingerprint density at radius 2 is 1.79 bits per heavy atom. The predicted molar refractivity (Wildman–Crippen MR) is 148 cm³/mol. The molecule has 1 aromatic heterocycles. The van der Waals surface area contributed by atoms with Crippen molar-refractivity contribution in [3.63, 3.8) is 0 Å². The summed E-state index contributed by atoms with van der Waals surface area (Å²) in [5, 5.41) is 16.3. The SMILES string of the molecule is CN1C[C@@H](F)C[C@H]1COc1nc(N2C[C@H]3CC[C@@H](C2)N3)c2ccc(-c3cc(O)cc4ccccc34)c(F)c2n1. The lowest BCUT2D eigenvalue weighted by molar-refractivity contribution is 0.188. The Labute approximate surface area is 225 Å². The van der Waals surface area contributed by atoms with Gasteiger partial charge >= 0.3 is 6.01 Å². The van der Waals surface area contributed by atoms with Crippen molar-refractivity contribution >= 4 is 27.5 Å². The number of rotatable bonds is 5. The number of likely N-dealkylation sites (tertiary alicyclic amines) is 1. The molecule has 3 aliphatic rings. The molecule has 4 heterocycles. The van der Waals surface area contributed by atoms with Crippen LogP contribution >= 0.6 is 0 Å². The second kappa shape index (κ2) is 9.57. The van der Waals surface area contributed by atoms with Crippen molar-refractivity contribution in [1.82, 2.24) is 20.2 Å². The first-order valence-electron chi connectivity index (χ1n) is 13.6. The zero-order valence-corrected chi connectivity index (χ0v) is 21.8. The Hall–Kier alpha value is -3.56. The average Bonchev–Trinajstić information content (AvgIpc) is 3.44. The second-order valence-electron chi connectivity index (χ2n) is 11.1. The molecule has 7 rings (SSSR count). The van der Waals surface area contributed by atoms with E-state index in [1.165, 1.54) is 0 Å².